The van der Waals surface area contributed by atoms with E-state index in [4.69, 9.17) is 4.74 Å². The molecular formula is C13H17BrFNO2. The van der Waals surface area contributed by atoms with Crippen molar-refractivity contribution in [2.75, 3.05) is 18.5 Å². The maximum atomic E-state index is 13.2. The molecule has 0 saturated heterocycles. The van der Waals surface area contributed by atoms with E-state index < -0.39 is 0 Å². The quantitative estimate of drug-likeness (QED) is 0.643. The van der Waals surface area contributed by atoms with Gasteiger partial charge in [-0.05, 0) is 47.0 Å². The molecule has 0 fully saturated rings. The maximum absolute atomic E-state index is 13.2. The third kappa shape index (κ3) is 4.64. The summed E-state index contributed by atoms with van der Waals surface area (Å²) in [5.74, 6) is -0.619. The van der Waals surface area contributed by atoms with Gasteiger partial charge in [0.05, 0.1) is 11.1 Å². The van der Waals surface area contributed by atoms with Gasteiger partial charge in [0.2, 0.25) is 0 Å². The largest absolute Gasteiger partial charge is 0.464 e. The van der Waals surface area contributed by atoms with Crippen LogP contribution in [0.5, 0.6) is 0 Å². The summed E-state index contributed by atoms with van der Waals surface area (Å²) in [5, 5.41) is 2.94. The third-order valence-electron chi connectivity index (χ3n) is 2.45. The van der Waals surface area contributed by atoms with Gasteiger partial charge in [-0.15, -0.1) is 0 Å². The Kier molecular flexibility index (Phi) is 6.12. The fourth-order valence-electron chi connectivity index (χ4n) is 1.39. The van der Waals surface area contributed by atoms with Crippen molar-refractivity contribution in [3.05, 3.63) is 28.0 Å². The Morgan fingerprint density at radius 1 is 1.50 bits per heavy atom. The molecule has 0 aliphatic rings. The number of carbonyl (C=O) groups is 1. The molecule has 0 atom stereocenters. The van der Waals surface area contributed by atoms with Crippen LogP contribution in [0.4, 0.5) is 10.1 Å². The molecular weight excluding hydrogens is 301 g/mol. The molecule has 1 aromatic carbocycles. The lowest BCUT2D eigenvalue weighted by atomic mass is 10.2. The van der Waals surface area contributed by atoms with Gasteiger partial charge in [0.25, 0.3) is 0 Å². The lowest BCUT2D eigenvalue weighted by Crippen LogP contribution is -2.17. The first-order valence-electron chi connectivity index (χ1n) is 5.89. The summed E-state index contributed by atoms with van der Waals surface area (Å²) in [6.45, 7) is 4.34. The van der Waals surface area contributed by atoms with Gasteiger partial charge >= 0.3 is 5.97 Å². The van der Waals surface area contributed by atoms with E-state index in [2.05, 4.69) is 21.2 Å². The van der Waals surface area contributed by atoms with Crippen molar-refractivity contribution < 1.29 is 13.9 Å². The molecule has 0 radical (unpaired) electrons. The summed E-state index contributed by atoms with van der Waals surface area (Å²) in [4.78, 5) is 11.4. The monoisotopic (exact) mass is 317 g/mol. The smallest absolute Gasteiger partial charge is 0.325 e. The highest BCUT2D eigenvalue weighted by Gasteiger charge is 2.07. The van der Waals surface area contributed by atoms with E-state index in [0.29, 0.717) is 11.1 Å². The molecule has 0 amide bonds. The van der Waals surface area contributed by atoms with E-state index in [9.17, 15) is 9.18 Å². The van der Waals surface area contributed by atoms with E-state index in [1.54, 1.807) is 13.0 Å². The van der Waals surface area contributed by atoms with Crippen LogP contribution in [0.25, 0.3) is 0 Å². The number of carbonyl (C=O) groups excluding carboxylic acids is 1. The minimum atomic E-state index is -0.316. The first-order valence-corrected chi connectivity index (χ1v) is 6.69. The van der Waals surface area contributed by atoms with Crippen LogP contribution in [0.15, 0.2) is 16.6 Å². The molecule has 0 aliphatic heterocycles. The highest BCUT2D eigenvalue weighted by atomic mass is 79.9. The summed E-state index contributed by atoms with van der Waals surface area (Å²) in [6, 6.07) is 3.03. The normalized spacial score (nSPS) is 10.2. The number of aryl methyl sites for hydroxylation is 1. The maximum Gasteiger partial charge on any atom is 0.325 e. The number of benzene rings is 1. The van der Waals surface area contributed by atoms with E-state index in [-0.39, 0.29) is 18.3 Å². The molecule has 1 N–H and O–H groups in total. The van der Waals surface area contributed by atoms with Crippen LogP contribution >= 0.6 is 15.9 Å². The zero-order chi connectivity index (χ0) is 13.5. The number of nitrogens with one attached hydrogen (secondary N) is 1. The Morgan fingerprint density at radius 3 is 2.89 bits per heavy atom. The first-order chi connectivity index (χ1) is 8.54. The minimum absolute atomic E-state index is 0.0859. The van der Waals surface area contributed by atoms with Crippen LogP contribution in [0.2, 0.25) is 0 Å². The van der Waals surface area contributed by atoms with Crippen LogP contribution in [0.1, 0.15) is 25.3 Å². The highest BCUT2D eigenvalue weighted by molar-refractivity contribution is 9.10. The molecule has 5 heteroatoms. The van der Waals surface area contributed by atoms with Crippen molar-refractivity contribution in [3.8, 4) is 0 Å². The van der Waals surface area contributed by atoms with E-state index in [1.165, 1.54) is 6.07 Å². The molecule has 0 saturated carbocycles. The van der Waals surface area contributed by atoms with Crippen LogP contribution in [0.3, 0.4) is 0 Å². The Bertz CT molecular complexity index is 424. The van der Waals surface area contributed by atoms with Crippen LogP contribution in [-0.2, 0) is 9.53 Å². The Hall–Kier alpha value is -1.10. The van der Waals surface area contributed by atoms with Gasteiger partial charge in [-0.1, -0.05) is 13.3 Å². The zero-order valence-electron chi connectivity index (χ0n) is 10.6. The molecule has 1 rings (SSSR count). The lowest BCUT2D eigenvalue weighted by molar-refractivity contribution is -0.141. The Balaban J connectivity index is 2.48. The number of anilines is 1. The van der Waals surface area contributed by atoms with Gasteiger partial charge in [-0.3, -0.25) is 4.79 Å². The fourth-order valence-corrected chi connectivity index (χ4v) is 1.73. The van der Waals surface area contributed by atoms with E-state index in [1.807, 2.05) is 6.92 Å². The zero-order valence-corrected chi connectivity index (χ0v) is 12.1. The van der Waals surface area contributed by atoms with Crippen molar-refractivity contribution in [2.45, 2.75) is 26.7 Å². The second kappa shape index (κ2) is 7.36. The molecule has 18 heavy (non-hydrogen) atoms. The summed E-state index contributed by atoms with van der Waals surface area (Å²) in [7, 11) is 0. The topological polar surface area (TPSA) is 38.3 Å². The number of rotatable bonds is 6. The van der Waals surface area contributed by atoms with Gasteiger partial charge in [-0.25, -0.2) is 4.39 Å². The van der Waals surface area contributed by atoms with Gasteiger partial charge < -0.3 is 10.1 Å². The predicted molar refractivity (Wildman–Crippen MR) is 73.2 cm³/mol. The van der Waals surface area contributed by atoms with Crippen molar-refractivity contribution in [1.29, 1.82) is 0 Å². The van der Waals surface area contributed by atoms with Crippen LogP contribution in [-0.4, -0.2) is 19.1 Å². The molecule has 0 heterocycles. The Labute approximate surface area is 115 Å². The van der Waals surface area contributed by atoms with Crippen molar-refractivity contribution in [1.82, 2.24) is 0 Å². The number of unbranched alkanes of at least 4 members (excludes halogenated alkanes) is 1. The summed E-state index contributed by atoms with van der Waals surface area (Å²) in [5.41, 5.74) is 1.47. The average Bonchev–Trinajstić information content (AvgIpc) is 2.32. The molecule has 0 bridgehead atoms. The van der Waals surface area contributed by atoms with Gasteiger partial charge in [0, 0.05) is 5.69 Å². The lowest BCUT2D eigenvalue weighted by Gasteiger charge is -2.10. The average molecular weight is 318 g/mol. The second-order valence-corrected chi connectivity index (χ2v) is 4.86. The highest BCUT2D eigenvalue weighted by Crippen LogP contribution is 2.23. The van der Waals surface area contributed by atoms with Crippen molar-refractivity contribution in [2.24, 2.45) is 0 Å². The number of halogens is 2. The van der Waals surface area contributed by atoms with Gasteiger partial charge in [0.1, 0.15) is 12.4 Å². The van der Waals surface area contributed by atoms with E-state index >= 15 is 0 Å². The molecule has 3 nitrogen and oxygen atoms in total. The third-order valence-corrected chi connectivity index (χ3v) is 3.06. The van der Waals surface area contributed by atoms with Crippen molar-refractivity contribution in [3.63, 3.8) is 0 Å². The van der Waals surface area contributed by atoms with E-state index in [0.717, 1.165) is 24.1 Å². The number of hydrogen-bond acceptors (Lipinski definition) is 3. The van der Waals surface area contributed by atoms with Gasteiger partial charge in [-0.2, -0.15) is 0 Å². The molecule has 100 valence electrons. The van der Waals surface area contributed by atoms with Crippen molar-refractivity contribution >= 4 is 27.6 Å². The number of ether oxygens (including phenoxy) is 1. The summed E-state index contributed by atoms with van der Waals surface area (Å²) < 4.78 is 18.6. The minimum Gasteiger partial charge on any atom is -0.464 e. The molecule has 0 spiro atoms. The first kappa shape index (κ1) is 15.0. The predicted octanol–water partition coefficient (Wildman–Crippen LogP) is 3.65. The summed E-state index contributed by atoms with van der Waals surface area (Å²) >= 11 is 3.11. The molecule has 0 aliphatic carbocycles. The molecule has 1 aromatic rings. The molecule has 0 aromatic heterocycles. The standard InChI is InChI=1S/C13H17BrFNO2/c1-3-4-5-18-13(17)8-16-12-7-10(14)11(15)6-9(12)2/h6-7,16H,3-5,8H2,1-2H3. The van der Waals surface area contributed by atoms with Gasteiger partial charge in [0.15, 0.2) is 0 Å². The number of esters is 1. The Morgan fingerprint density at radius 2 is 2.22 bits per heavy atom. The number of hydrogen-bond donors (Lipinski definition) is 1. The van der Waals surface area contributed by atoms with Crippen LogP contribution < -0.4 is 5.32 Å². The van der Waals surface area contributed by atoms with Crippen LogP contribution in [0, 0.1) is 12.7 Å². The second-order valence-electron chi connectivity index (χ2n) is 4.01. The molecule has 0 unspecified atom stereocenters. The fraction of sp³-hybridized carbons (Fsp3) is 0.462. The SMILES string of the molecule is CCCCOC(=O)CNc1cc(Br)c(F)cc1C. The summed E-state index contributed by atoms with van der Waals surface area (Å²) in [6.07, 6.45) is 1.86.